The van der Waals surface area contributed by atoms with Crippen LogP contribution in [-0.4, -0.2) is 45.9 Å². The van der Waals surface area contributed by atoms with Crippen molar-refractivity contribution in [2.45, 2.75) is 25.9 Å². The summed E-state index contributed by atoms with van der Waals surface area (Å²) in [6.45, 7) is 3.29. The van der Waals surface area contributed by atoms with Gasteiger partial charge >= 0.3 is 12.1 Å². The predicted octanol–water partition coefficient (Wildman–Crippen LogP) is 8.48. The smallest absolute Gasteiger partial charge is 0.322 e. The van der Waals surface area contributed by atoms with Gasteiger partial charge in [0.15, 0.2) is 34.9 Å². The molecule has 0 radical (unpaired) electrons. The number of rotatable bonds is 6. The van der Waals surface area contributed by atoms with Crippen LogP contribution in [-0.2, 0) is 0 Å². The van der Waals surface area contributed by atoms with Crippen molar-refractivity contribution in [2.24, 2.45) is 0 Å². The van der Waals surface area contributed by atoms with Crippen LogP contribution in [0.1, 0.15) is 37.1 Å². The molecule has 2 atom stereocenters. The Morgan fingerprint density at radius 2 is 0.964 bits per heavy atom. The fraction of sp³-hybridized carbons (Fsp3) is 0.158. The van der Waals surface area contributed by atoms with Gasteiger partial charge in [-0.15, -0.1) is 0 Å². The number of aromatic amines is 2. The molecule has 4 N–H and O–H groups in total. The molecule has 286 valence electrons. The van der Waals surface area contributed by atoms with Crippen molar-refractivity contribution in [1.29, 1.82) is 0 Å². The van der Waals surface area contributed by atoms with Gasteiger partial charge < -0.3 is 30.4 Å². The van der Waals surface area contributed by atoms with Crippen molar-refractivity contribution in [1.82, 2.24) is 19.8 Å². The molecule has 0 bridgehead atoms. The molecule has 4 amide bonds. The lowest BCUT2D eigenvalue weighted by molar-refractivity contribution is 0.208. The predicted molar refractivity (Wildman–Crippen MR) is 192 cm³/mol. The van der Waals surface area contributed by atoms with Gasteiger partial charge in [-0.25, -0.2) is 40.3 Å². The molecule has 0 aliphatic rings. The number of amides is 4. The summed E-state index contributed by atoms with van der Waals surface area (Å²) in [6, 6.07) is 10.2. The quantitative estimate of drug-likeness (QED) is 0.127. The first-order chi connectivity index (χ1) is 26.0. The number of hydrogen-bond acceptors (Lipinski definition) is 4. The molecule has 0 saturated heterocycles. The lowest BCUT2D eigenvalue weighted by Gasteiger charge is -2.26. The number of benzene rings is 4. The first-order valence-corrected chi connectivity index (χ1v) is 16.3. The number of halogens is 7. The average molecular weight is 769 g/mol. The lowest BCUT2D eigenvalue weighted by atomic mass is 10.0. The number of urea groups is 2. The van der Waals surface area contributed by atoms with E-state index < -0.39 is 86.8 Å². The molecule has 0 saturated carbocycles. The summed E-state index contributed by atoms with van der Waals surface area (Å²) in [5, 5.41) is 4.56. The maximum absolute atomic E-state index is 14.1. The summed E-state index contributed by atoms with van der Waals surface area (Å²) in [4.78, 5) is 56.0. The van der Waals surface area contributed by atoms with E-state index in [4.69, 9.17) is 0 Å². The Balaban J connectivity index is 0.000000211. The molecule has 0 fully saturated rings. The van der Waals surface area contributed by atoms with E-state index in [0.29, 0.717) is 16.8 Å². The van der Waals surface area contributed by atoms with E-state index in [1.165, 1.54) is 78.8 Å². The first kappa shape index (κ1) is 39.6. The van der Waals surface area contributed by atoms with Crippen LogP contribution in [0.25, 0.3) is 21.5 Å². The highest BCUT2D eigenvalue weighted by Gasteiger charge is 2.24. The van der Waals surface area contributed by atoms with Crippen LogP contribution >= 0.6 is 0 Å². The topological polar surface area (TPSA) is 130 Å². The molecule has 0 aliphatic heterocycles. The molecule has 6 rings (SSSR count). The van der Waals surface area contributed by atoms with Gasteiger partial charge in [-0.3, -0.25) is 9.59 Å². The van der Waals surface area contributed by atoms with E-state index in [0.717, 1.165) is 24.3 Å². The monoisotopic (exact) mass is 768 g/mol. The van der Waals surface area contributed by atoms with E-state index in [2.05, 4.69) is 20.6 Å². The summed E-state index contributed by atoms with van der Waals surface area (Å²) in [7, 11) is 2.94. The van der Waals surface area contributed by atoms with Crippen LogP contribution in [0, 0.1) is 40.7 Å². The minimum Gasteiger partial charge on any atom is -0.328 e. The number of carbonyl (C=O) groups is 2. The van der Waals surface area contributed by atoms with Gasteiger partial charge in [-0.05, 0) is 84.3 Å². The number of anilines is 2. The summed E-state index contributed by atoms with van der Waals surface area (Å²) in [5.41, 5.74) is -0.285. The van der Waals surface area contributed by atoms with Gasteiger partial charge in [0.1, 0.15) is 5.82 Å². The summed E-state index contributed by atoms with van der Waals surface area (Å²) >= 11 is 0. The molecule has 4 aromatic carbocycles. The number of fused-ring (bicyclic) bond motifs is 2. The molecule has 17 heteroatoms. The third kappa shape index (κ3) is 8.30. The zero-order chi connectivity index (χ0) is 40.3. The van der Waals surface area contributed by atoms with Crippen molar-refractivity contribution in [3.05, 3.63) is 152 Å². The van der Waals surface area contributed by atoms with E-state index >= 15 is 0 Å². The van der Waals surface area contributed by atoms with E-state index in [-0.39, 0.29) is 16.5 Å². The molecule has 2 heterocycles. The van der Waals surface area contributed by atoms with Crippen molar-refractivity contribution < 1.29 is 40.3 Å². The van der Waals surface area contributed by atoms with Crippen molar-refractivity contribution in [3.8, 4) is 0 Å². The maximum atomic E-state index is 14.1. The number of carbonyl (C=O) groups excluding carboxylic acids is 2. The second kappa shape index (κ2) is 16.2. The third-order valence-electron chi connectivity index (χ3n) is 8.95. The SMILES string of the molecule is CC(c1c[nH]c(=O)c2c(F)c(F)ccc12)N(C)C(=O)Nc1ccc(F)c(F)c1.CC(c1c[nH]c(=O)c2c(F)c(F)ccc12)N(C)C(=O)Nc1ccc(F)cc1. The number of pyridine rings is 2. The fourth-order valence-corrected chi connectivity index (χ4v) is 5.60. The van der Waals surface area contributed by atoms with E-state index in [1.54, 1.807) is 13.8 Å². The van der Waals surface area contributed by atoms with Crippen molar-refractivity contribution >= 4 is 45.0 Å². The zero-order valence-corrected chi connectivity index (χ0v) is 29.3. The second-order valence-corrected chi connectivity index (χ2v) is 12.3. The van der Waals surface area contributed by atoms with Crippen LogP contribution in [0.4, 0.5) is 51.7 Å². The molecular weight excluding hydrogens is 737 g/mol. The van der Waals surface area contributed by atoms with Crippen LogP contribution in [0.3, 0.4) is 0 Å². The standard InChI is InChI=1S/C19H15F4N3O2.C19H16F3N3O2/c1-9(26(2)19(28)25-10-3-5-13(20)15(22)7-10)12-8-24-18(27)16-11(12)4-6-14(21)17(16)23;1-10(25(2)19(27)24-12-5-3-11(20)4-6-12)14-9-23-18(26)16-13(14)7-8-15(21)17(16)22/h3-9H,1-2H3,(H,24,27)(H,25,28);3-10H,1-2H3,(H,23,26)(H,24,27). The third-order valence-corrected chi connectivity index (χ3v) is 8.95. The van der Waals surface area contributed by atoms with Crippen LogP contribution in [0.15, 0.2) is 88.7 Å². The van der Waals surface area contributed by atoms with Gasteiger partial charge in [-0.2, -0.15) is 0 Å². The summed E-state index contributed by atoms with van der Waals surface area (Å²) in [6.07, 6.45) is 2.68. The van der Waals surface area contributed by atoms with Crippen molar-refractivity contribution in [2.75, 3.05) is 24.7 Å². The highest BCUT2D eigenvalue weighted by Crippen LogP contribution is 2.29. The molecule has 6 aromatic rings. The molecule has 0 spiro atoms. The lowest BCUT2D eigenvalue weighted by Crippen LogP contribution is -2.34. The van der Waals surface area contributed by atoms with Crippen LogP contribution in [0.2, 0.25) is 0 Å². The number of H-pyrrole nitrogens is 2. The van der Waals surface area contributed by atoms with E-state index in [1.807, 2.05) is 0 Å². The second-order valence-electron chi connectivity index (χ2n) is 12.3. The fourth-order valence-electron chi connectivity index (χ4n) is 5.60. The Bertz CT molecular complexity index is 2550. The van der Waals surface area contributed by atoms with Gasteiger partial charge in [0.25, 0.3) is 11.1 Å². The van der Waals surface area contributed by atoms with Crippen molar-refractivity contribution in [3.63, 3.8) is 0 Å². The van der Waals surface area contributed by atoms with Gasteiger partial charge in [0.05, 0.1) is 22.9 Å². The Hall–Kier alpha value is -6.65. The number of nitrogens with zero attached hydrogens (tertiary/aromatic N) is 2. The molecular formula is C38H31F7N6O4. The number of hydrogen-bond donors (Lipinski definition) is 4. The minimum absolute atomic E-state index is 0.0439. The number of nitrogens with one attached hydrogen (secondary N) is 4. The maximum Gasteiger partial charge on any atom is 0.322 e. The Morgan fingerprint density at radius 3 is 1.40 bits per heavy atom. The van der Waals surface area contributed by atoms with Gasteiger partial charge in [-0.1, -0.05) is 12.1 Å². The minimum atomic E-state index is -1.28. The highest BCUT2D eigenvalue weighted by molar-refractivity contribution is 5.92. The van der Waals surface area contributed by atoms with Crippen LogP contribution < -0.4 is 21.8 Å². The summed E-state index contributed by atoms with van der Waals surface area (Å²) < 4.78 is 94.4. The Kier molecular flexibility index (Phi) is 11.6. The Morgan fingerprint density at radius 1 is 0.564 bits per heavy atom. The zero-order valence-electron chi connectivity index (χ0n) is 29.3. The molecule has 2 aromatic heterocycles. The average Bonchev–Trinajstić information content (AvgIpc) is 3.16. The Labute approximate surface area is 307 Å². The molecule has 55 heavy (non-hydrogen) atoms. The summed E-state index contributed by atoms with van der Waals surface area (Å²) in [5.74, 6) is -7.38. The molecule has 0 aliphatic carbocycles. The highest BCUT2D eigenvalue weighted by atomic mass is 19.2. The number of aromatic nitrogens is 2. The van der Waals surface area contributed by atoms with E-state index in [9.17, 15) is 49.9 Å². The molecule has 10 nitrogen and oxygen atoms in total. The normalized spacial score (nSPS) is 12.1. The van der Waals surface area contributed by atoms with Gasteiger partial charge in [0, 0.05) is 43.9 Å². The van der Waals surface area contributed by atoms with Crippen LogP contribution in [0.5, 0.6) is 0 Å². The first-order valence-electron chi connectivity index (χ1n) is 16.3. The van der Waals surface area contributed by atoms with Gasteiger partial charge in [0.2, 0.25) is 0 Å². The molecule has 2 unspecified atom stereocenters. The largest absolute Gasteiger partial charge is 0.328 e.